The third-order valence-electron chi connectivity index (χ3n) is 3.40. The van der Waals surface area contributed by atoms with Crippen molar-refractivity contribution in [3.05, 3.63) is 64.8 Å². The van der Waals surface area contributed by atoms with Crippen LogP contribution in [0.5, 0.6) is 0 Å². The number of pyridine rings is 1. The molecule has 1 aromatic carbocycles. The summed E-state index contributed by atoms with van der Waals surface area (Å²) in [6.07, 6.45) is 2.07. The summed E-state index contributed by atoms with van der Waals surface area (Å²) < 4.78 is 0. The summed E-state index contributed by atoms with van der Waals surface area (Å²) in [6.45, 7) is 3.93. The number of aryl methyl sites for hydroxylation is 2. The van der Waals surface area contributed by atoms with Crippen molar-refractivity contribution in [1.82, 2.24) is 9.97 Å². The lowest BCUT2D eigenvalue weighted by Gasteiger charge is -2.05. The Kier molecular flexibility index (Phi) is 4.48. The van der Waals surface area contributed by atoms with Gasteiger partial charge in [-0.15, -0.1) is 11.3 Å². The Bertz CT molecular complexity index is 827. The average molecular weight is 323 g/mol. The van der Waals surface area contributed by atoms with Crippen LogP contribution in [0, 0.1) is 13.8 Å². The molecule has 0 aliphatic carbocycles. The predicted molar refractivity (Wildman–Crippen MR) is 93.6 cm³/mol. The van der Waals surface area contributed by atoms with Gasteiger partial charge >= 0.3 is 0 Å². The highest BCUT2D eigenvalue weighted by atomic mass is 32.1. The molecule has 0 radical (unpaired) electrons. The Balaban J connectivity index is 1.73. The largest absolute Gasteiger partial charge is 0.326 e. The van der Waals surface area contributed by atoms with Crippen molar-refractivity contribution in [2.45, 2.75) is 20.3 Å². The number of benzene rings is 1. The molecule has 0 saturated heterocycles. The van der Waals surface area contributed by atoms with E-state index < -0.39 is 0 Å². The number of hydrogen-bond acceptors (Lipinski definition) is 4. The van der Waals surface area contributed by atoms with E-state index in [9.17, 15) is 4.79 Å². The average Bonchev–Trinajstić information content (AvgIpc) is 2.89. The second kappa shape index (κ2) is 6.71. The number of rotatable bonds is 4. The van der Waals surface area contributed by atoms with Gasteiger partial charge in [0.05, 0.1) is 17.8 Å². The molecule has 3 rings (SSSR count). The molecule has 0 unspecified atom stereocenters. The van der Waals surface area contributed by atoms with Gasteiger partial charge in [0.1, 0.15) is 5.01 Å². The highest BCUT2D eigenvalue weighted by molar-refractivity contribution is 7.15. The van der Waals surface area contributed by atoms with Crippen LogP contribution in [0.3, 0.4) is 0 Å². The van der Waals surface area contributed by atoms with Gasteiger partial charge in [-0.3, -0.25) is 9.78 Å². The van der Waals surface area contributed by atoms with E-state index in [0.717, 1.165) is 32.5 Å². The molecule has 2 aromatic heterocycles. The molecule has 0 atom stereocenters. The predicted octanol–water partition coefficient (Wildman–Crippen LogP) is 4.00. The highest BCUT2D eigenvalue weighted by Gasteiger charge is 2.13. The Labute approximate surface area is 139 Å². The van der Waals surface area contributed by atoms with Gasteiger partial charge in [0.25, 0.3) is 0 Å². The Hall–Kier alpha value is -2.53. The second-order valence-corrected chi connectivity index (χ2v) is 6.42. The number of aromatic nitrogens is 2. The van der Waals surface area contributed by atoms with Crippen molar-refractivity contribution in [3.63, 3.8) is 0 Å². The van der Waals surface area contributed by atoms with Crippen LogP contribution in [-0.4, -0.2) is 15.9 Å². The van der Waals surface area contributed by atoms with Gasteiger partial charge in [0, 0.05) is 16.8 Å². The molecule has 0 aliphatic heterocycles. The number of nitrogens with zero attached hydrogens (tertiary/aromatic N) is 2. The molecule has 4 nitrogen and oxygen atoms in total. The van der Waals surface area contributed by atoms with Crippen LogP contribution in [-0.2, 0) is 11.2 Å². The number of amides is 1. The minimum atomic E-state index is -0.0325. The lowest BCUT2D eigenvalue weighted by Crippen LogP contribution is -2.14. The monoisotopic (exact) mass is 323 g/mol. The van der Waals surface area contributed by atoms with Crippen LogP contribution in [0.15, 0.2) is 48.7 Å². The maximum Gasteiger partial charge on any atom is 0.229 e. The number of nitrogens with one attached hydrogen (secondary N) is 1. The molecule has 2 heterocycles. The van der Waals surface area contributed by atoms with Crippen molar-refractivity contribution in [3.8, 4) is 10.7 Å². The van der Waals surface area contributed by atoms with E-state index in [1.807, 2.05) is 56.3 Å². The molecule has 116 valence electrons. The number of thiazole rings is 1. The van der Waals surface area contributed by atoms with Gasteiger partial charge in [0.15, 0.2) is 0 Å². The van der Waals surface area contributed by atoms with Gasteiger partial charge in [-0.05, 0) is 43.7 Å². The van der Waals surface area contributed by atoms with Crippen LogP contribution >= 0.6 is 11.3 Å². The molecule has 23 heavy (non-hydrogen) atoms. The molecule has 3 aromatic rings. The third kappa shape index (κ3) is 3.81. The fraction of sp³-hybridized carbons (Fsp3) is 0.167. The van der Waals surface area contributed by atoms with E-state index in [1.165, 1.54) is 11.3 Å². The summed E-state index contributed by atoms with van der Waals surface area (Å²) in [4.78, 5) is 22.1. The molecule has 5 heteroatoms. The van der Waals surface area contributed by atoms with Crippen LogP contribution < -0.4 is 5.32 Å². The molecule has 0 saturated carbocycles. The quantitative estimate of drug-likeness (QED) is 0.789. The molecule has 0 spiro atoms. The zero-order valence-corrected chi connectivity index (χ0v) is 13.9. The lowest BCUT2D eigenvalue weighted by atomic mass is 10.2. The smallest absolute Gasteiger partial charge is 0.229 e. The Morgan fingerprint density at radius 1 is 1.17 bits per heavy atom. The zero-order chi connectivity index (χ0) is 16.2. The minimum Gasteiger partial charge on any atom is -0.326 e. The van der Waals surface area contributed by atoms with Gasteiger partial charge in [-0.25, -0.2) is 4.98 Å². The first-order valence-electron chi connectivity index (χ1n) is 7.36. The summed E-state index contributed by atoms with van der Waals surface area (Å²) in [5.74, 6) is -0.0325. The minimum absolute atomic E-state index is 0.0325. The Morgan fingerprint density at radius 3 is 2.78 bits per heavy atom. The molecule has 0 fully saturated rings. The van der Waals surface area contributed by atoms with Crippen LogP contribution in [0.25, 0.3) is 10.7 Å². The lowest BCUT2D eigenvalue weighted by molar-refractivity contribution is -0.115. The summed E-state index contributed by atoms with van der Waals surface area (Å²) in [5.41, 5.74) is 3.66. The third-order valence-corrected chi connectivity index (χ3v) is 4.58. The molecule has 1 N–H and O–H groups in total. The standard InChI is InChI=1S/C18H17N3OS/c1-12-6-5-7-14(10-12)21-17(22)11-16-13(2)20-18(23-16)15-8-3-4-9-19-15/h3-10H,11H2,1-2H3,(H,21,22). The van der Waals surface area contributed by atoms with Crippen molar-refractivity contribution >= 4 is 22.9 Å². The van der Waals surface area contributed by atoms with Gasteiger partial charge in [-0.1, -0.05) is 18.2 Å². The van der Waals surface area contributed by atoms with E-state index in [0.29, 0.717) is 6.42 Å². The molecule has 0 aliphatic rings. The number of anilines is 1. The molecule has 0 bridgehead atoms. The Morgan fingerprint density at radius 2 is 2.04 bits per heavy atom. The van der Waals surface area contributed by atoms with Gasteiger partial charge in [0.2, 0.25) is 5.91 Å². The first-order valence-corrected chi connectivity index (χ1v) is 8.18. The van der Waals surface area contributed by atoms with Crippen molar-refractivity contribution < 1.29 is 4.79 Å². The SMILES string of the molecule is Cc1cccc(NC(=O)Cc2sc(-c3ccccn3)nc2C)c1. The maximum absolute atomic E-state index is 12.2. The fourth-order valence-corrected chi connectivity index (χ4v) is 3.30. The second-order valence-electron chi connectivity index (χ2n) is 5.34. The summed E-state index contributed by atoms with van der Waals surface area (Å²) in [6, 6.07) is 13.5. The fourth-order valence-electron chi connectivity index (χ4n) is 2.26. The van der Waals surface area contributed by atoms with Crippen molar-refractivity contribution in [2.75, 3.05) is 5.32 Å². The van der Waals surface area contributed by atoms with Crippen molar-refractivity contribution in [2.24, 2.45) is 0 Å². The number of hydrogen-bond donors (Lipinski definition) is 1. The van der Waals surface area contributed by atoms with Crippen LogP contribution in [0.4, 0.5) is 5.69 Å². The van der Waals surface area contributed by atoms with Crippen LogP contribution in [0.2, 0.25) is 0 Å². The van der Waals surface area contributed by atoms with E-state index in [1.54, 1.807) is 6.20 Å². The van der Waals surface area contributed by atoms with E-state index in [4.69, 9.17) is 0 Å². The van der Waals surface area contributed by atoms with Crippen molar-refractivity contribution in [1.29, 1.82) is 0 Å². The molecular formula is C18H17N3OS. The van der Waals surface area contributed by atoms with Crippen LogP contribution in [0.1, 0.15) is 16.1 Å². The van der Waals surface area contributed by atoms with Gasteiger partial charge < -0.3 is 5.32 Å². The molecular weight excluding hydrogens is 306 g/mol. The summed E-state index contributed by atoms with van der Waals surface area (Å²) >= 11 is 1.52. The topological polar surface area (TPSA) is 54.9 Å². The maximum atomic E-state index is 12.2. The number of carbonyl (C=O) groups excluding carboxylic acids is 1. The summed E-state index contributed by atoms with van der Waals surface area (Å²) in [5, 5.41) is 3.78. The van der Waals surface area contributed by atoms with E-state index >= 15 is 0 Å². The first kappa shape index (κ1) is 15.4. The van der Waals surface area contributed by atoms with Gasteiger partial charge in [-0.2, -0.15) is 0 Å². The highest BCUT2D eigenvalue weighted by Crippen LogP contribution is 2.27. The molecule has 1 amide bonds. The van der Waals surface area contributed by atoms with E-state index in [2.05, 4.69) is 15.3 Å². The zero-order valence-electron chi connectivity index (χ0n) is 13.0. The first-order chi connectivity index (χ1) is 11.1. The summed E-state index contributed by atoms with van der Waals surface area (Å²) in [7, 11) is 0. The van der Waals surface area contributed by atoms with E-state index in [-0.39, 0.29) is 5.91 Å². The number of carbonyl (C=O) groups is 1. The normalized spacial score (nSPS) is 10.5.